The summed E-state index contributed by atoms with van der Waals surface area (Å²) in [7, 11) is 0. The van der Waals surface area contributed by atoms with Crippen molar-refractivity contribution in [3.63, 3.8) is 0 Å². The fourth-order valence-electron chi connectivity index (χ4n) is 1.79. The van der Waals surface area contributed by atoms with Crippen LogP contribution in [0.2, 0.25) is 0 Å². The van der Waals surface area contributed by atoms with Crippen LogP contribution in [0.25, 0.3) is 0 Å². The van der Waals surface area contributed by atoms with Gasteiger partial charge < -0.3 is 10.2 Å². The molecule has 4 heteroatoms. The molecule has 0 unspecified atom stereocenters. The standard InChI is InChI=1S/C12H16N2S2/c1-2-13-12(15)14-8-5-9-16-11-7-4-3-6-10(11)14/h3-4,6-7H,2,5,8-9H2,1H3,(H,13,15). The minimum absolute atomic E-state index is 0.845. The van der Waals surface area contributed by atoms with Gasteiger partial charge in [0.15, 0.2) is 5.11 Å². The Kier molecular flexibility index (Phi) is 4.07. The summed E-state index contributed by atoms with van der Waals surface area (Å²) in [6.07, 6.45) is 1.17. The average molecular weight is 252 g/mol. The predicted octanol–water partition coefficient (Wildman–Crippen LogP) is 2.88. The second-order valence-corrected chi connectivity index (χ2v) is 5.18. The number of fused-ring (bicyclic) bond motifs is 1. The summed E-state index contributed by atoms with van der Waals surface area (Å²) in [5.74, 6) is 1.17. The Morgan fingerprint density at radius 2 is 2.31 bits per heavy atom. The molecule has 0 radical (unpaired) electrons. The molecule has 0 bridgehead atoms. The van der Waals surface area contributed by atoms with Crippen molar-refractivity contribution in [2.45, 2.75) is 18.2 Å². The van der Waals surface area contributed by atoms with Gasteiger partial charge in [-0.1, -0.05) is 12.1 Å². The van der Waals surface area contributed by atoms with Crippen molar-refractivity contribution >= 4 is 34.8 Å². The van der Waals surface area contributed by atoms with Gasteiger partial charge in [0.2, 0.25) is 0 Å². The van der Waals surface area contributed by atoms with E-state index in [9.17, 15) is 0 Å². The number of nitrogens with one attached hydrogen (secondary N) is 1. The molecular formula is C12H16N2S2. The summed E-state index contributed by atoms with van der Waals surface area (Å²) in [6.45, 7) is 3.96. The third-order valence-corrected chi connectivity index (χ3v) is 4.03. The van der Waals surface area contributed by atoms with E-state index in [-0.39, 0.29) is 0 Å². The van der Waals surface area contributed by atoms with Crippen molar-refractivity contribution in [3.05, 3.63) is 24.3 Å². The molecule has 86 valence electrons. The molecule has 1 aromatic rings. The first-order valence-electron chi connectivity index (χ1n) is 5.60. The fourth-order valence-corrected chi connectivity index (χ4v) is 3.11. The summed E-state index contributed by atoms with van der Waals surface area (Å²) >= 11 is 7.33. The minimum atomic E-state index is 0.845. The summed E-state index contributed by atoms with van der Waals surface area (Å²) in [6, 6.07) is 8.49. The first-order valence-corrected chi connectivity index (χ1v) is 6.99. The van der Waals surface area contributed by atoms with E-state index in [1.807, 2.05) is 11.8 Å². The van der Waals surface area contributed by atoms with Crippen molar-refractivity contribution < 1.29 is 0 Å². The van der Waals surface area contributed by atoms with Crippen LogP contribution in [0.5, 0.6) is 0 Å². The zero-order valence-corrected chi connectivity index (χ0v) is 11.0. The third-order valence-electron chi connectivity index (χ3n) is 2.51. The van der Waals surface area contributed by atoms with Crippen molar-refractivity contribution in [2.24, 2.45) is 0 Å². The van der Waals surface area contributed by atoms with Gasteiger partial charge in [-0.25, -0.2) is 0 Å². The Morgan fingerprint density at radius 1 is 1.50 bits per heavy atom. The van der Waals surface area contributed by atoms with E-state index in [2.05, 4.69) is 41.4 Å². The quantitative estimate of drug-likeness (QED) is 0.773. The number of thiocarbonyl (C=S) groups is 1. The van der Waals surface area contributed by atoms with E-state index < -0.39 is 0 Å². The lowest BCUT2D eigenvalue weighted by Crippen LogP contribution is -2.40. The molecule has 0 spiro atoms. The van der Waals surface area contributed by atoms with Crippen LogP contribution in [0.3, 0.4) is 0 Å². The number of nitrogens with zero attached hydrogens (tertiary/aromatic N) is 1. The van der Waals surface area contributed by atoms with Crippen molar-refractivity contribution in [1.82, 2.24) is 5.32 Å². The highest BCUT2D eigenvalue weighted by molar-refractivity contribution is 7.99. The molecule has 0 aromatic heterocycles. The molecule has 0 fully saturated rings. The summed E-state index contributed by atoms with van der Waals surface area (Å²) in [4.78, 5) is 3.55. The van der Waals surface area contributed by atoms with Crippen molar-refractivity contribution in [1.29, 1.82) is 0 Å². The zero-order valence-electron chi connectivity index (χ0n) is 9.40. The first kappa shape index (κ1) is 11.7. The smallest absolute Gasteiger partial charge is 0.173 e. The minimum Gasteiger partial charge on any atom is -0.363 e. The molecule has 0 saturated carbocycles. The summed E-state index contributed by atoms with van der Waals surface area (Å²) in [5, 5.41) is 4.08. The van der Waals surface area contributed by atoms with Crippen LogP contribution in [0.4, 0.5) is 5.69 Å². The number of anilines is 1. The molecule has 1 aliphatic heterocycles. The average Bonchev–Trinajstić information content (AvgIpc) is 2.51. The predicted molar refractivity (Wildman–Crippen MR) is 75.4 cm³/mol. The van der Waals surface area contributed by atoms with Crippen LogP contribution in [0.1, 0.15) is 13.3 Å². The summed E-state index contributed by atoms with van der Waals surface area (Å²) in [5.41, 5.74) is 1.25. The molecule has 0 amide bonds. The topological polar surface area (TPSA) is 15.3 Å². The second kappa shape index (κ2) is 5.55. The van der Waals surface area contributed by atoms with Gasteiger partial charge >= 0.3 is 0 Å². The van der Waals surface area contributed by atoms with Crippen LogP contribution in [0, 0.1) is 0 Å². The Bertz CT molecular complexity index is 379. The van der Waals surface area contributed by atoms with E-state index in [1.165, 1.54) is 22.8 Å². The lowest BCUT2D eigenvalue weighted by molar-refractivity contribution is 0.876. The number of hydrogen-bond donors (Lipinski definition) is 1. The summed E-state index contributed by atoms with van der Waals surface area (Å²) < 4.78 is 0. The lowest BCUT2D eigenvalue weighted by atomic mass is 10.3. The van der Waals surface area contributed by atoms with Gasteiger partial charge in [-0.3, -0.25) is 0 Å². The molecule has 0 saturated heterocycles. The lowest BCUT2D eigenvalue weighted by Gasteiger charge is -2.25. The molecule has 1 aromatic carbocycles. The number of hydrogen-bond acceptors (Lipinski definition) is 2. The highest BCUT2D eigenvalue weighted by Crippen LogP contribution is 2.33. The largest absolute Gasteiger partial charge is 0.363 e. The first-order chi connectivity index (χ1) is 7.83. The van der Waals surface area contributed by atoms with Crippen LogP contribution in [0.15, 0.2) is 29.2 Å². The van der Waals surface area contributed by atoms with Gasteiger partial charge in [-0.15, -0.1) is 11.8 Å². The van der Waals surface area contributed by atoms with Gasteiger partial charge in [0.1, 0.15) is 0 Å². The maximum atomic E-state index is 5.42. The number of benzene rings is 1. The maximum Gasteiger partial charge on any atom is 0.173 e. The number of thioether (sulfide) groups is 1. The van der Waals surface area contributed by atoms with E-state index in [4.69, 9.17) is 12.2 Å². The van der Waals surface area contributed by atoms with Crippen molar-refractivity contribution in [3.8, 4) is 0 Å². The Labute approximate surface area is 106 Å². The molecule has 0 atom stereocenters. The molecule has 16 heavy (non-hydrogen) atoms. The normalized spacial score (nSPS) is 15.2. The van der Waals surface area contributed by atoms with Crippen molar-refractivity contribution in [2.75, 3.05) is 23.7 Å². The number of rotatable bonds is 1. The molecule has 1 aliphatic rings. The second-order valence-electron chi connectivity index (χ2n) is 3.66. The molecule has 1 heterocycles. The van der Waals surface area contributed by atoms with Crippen LogP contribution in [-0.2, 0) is 0 Å². The van der Waals surface area contributed by atoms with E-state index in [1.54, 1.807) is 0 Å². The molecule has 0 aliphatic carbocycles. The van der Waals surface area contributed by atoms with Crippen LogP contribution >= 0.6 is 24.0 Å². The van der Waals surface area contributed by atoms with E-state index in [0.717, 1.165) is 18.2 Å². The Balaban J connectivity index is 2.28. The van der Waals surface area contributed by atoms with Gasteiger partial charge in [0.05, 0.1) is 5.69 Å². The van der Waals surface area contributed by atoms with E-state index >= 15 is 0 Å². The van der Waals surface area contributed by atoms with Crippen LogP contribution < -0.4 is 10.2 Å². The monoisotopic (exact) mass is 252 g/mol. The zero-order chi connectivity index (χ0) is 11.4. The number of para-hydroxylation sites is 1. The fraction of sp³-hybridized carbons (Fsp3) is 0.417. The highest BCUT2D eigenvalue weighted by Gasteiger charge is 2.17. The van der Waals surface area contributed by atoms with Gasteiger partial charge in [0.25, 0.3) is 0 Å². The molecule has 2 nitrogen and oxygen atoms in total. The van der Waals surface area contributed by atoms with Gasteiger partial charge in [-0.05, 0) is 43.4 Å². The Hall–Kier alpha value is -0.740. The van der Waals surface area contributed by atoms with E-state index in [0.29, 0.717) is 0 Å². The molecular weight excluding hydrogens is 236 g/mol. The maximum absolute atomic E-state index is 5.42. The SMILES string of the molecule is CCNC(=S)N1CCCSc2ccccc21. The molecule has 2 rings (SSSR count). The van der Waals surface area contributed by atoms with Gasteiger partial charge in [-0.2, -0.15) is 0 Å². The van der Waals surface area contributed by atoms with Gasteiger partial charge in [0, 0.05) is 18.0 Å². The Morgan fingerprint density at radius 3 is 3.12 bits per heavy atom. The third kappa shape index (κ3) is 2.50. The van der Waals surface area contributed by atoms with Crippen LogP contribution in [-0.4, -0.2) is 24.0 Å². The highest BCUT2D eigenvalue weighted by atomic mass is 32.2. The molecule has 1 N–H and O–H groups in total.